The Morgan fingerprint density at radius 3 is 2.67 bits per heavy atom. The fourth-order valence-corrected chi connectivity index (χ4v) is 2.43. The van der Waals surface area contributed by atoms with Crippen LogP contribution in [0.25, 0.3) is 0 Å². The molecule has 2 unspecified atom stereocenters. The lowest BCUT2D eigenvalue weighted by Crippen LogP contribution is -2.34. The third-order valence-electron chi connectivity index (χ3n) is 3.54. The van der Waals surface area contributed by atoms with E-state index < -0.39 is 11.5 Å². The lowest BCUT2D eigenvalue weighted by atomic mass is 9.83. The molecule has 0 aromatic carbocycles. The van der Waals surface area contributed by atoms with Gasteiger partial charge in [0.05, 0.1) is 12.1 Å². The summed E-state index contributed by atoms with van der Waals surface area (Å²) in [6.45, 7) is 5.03. The zero-order valence-corrected chi connectivity index (χ0v) is 10.6. The topological polar surface area (TPSA) is 84.8 Å². The second-order valence-corrected chi connectivity index (χ2v) is 5.31. The molecule has 2 rings (SSSR count). The third-order valence-corrected chi connectivity index (χ3v) is 3.54. The number of rotatable bonds is 3. The monoisotopic (exact) mass is 252 g/mol. The second-order valence-electron chi connectivity index (χ2n) is 5.31. The molecule has 0 aliphatic carbocycles. The van der Waals surface area contributed by atoms with Crippen LogP contribution in [0.4, 0.5) is 0 Å². The predicted octanol–water partition coefficient (Wildman–Crippen LogP) is 0.409. The van der Waals surface area contributed by atoms with Crippen molar-refractivity contribution in [1.82, 2.24) is 5.43 Å². The number of carbonyl (C=O) groups is 3. The van der Waals surface area contributed by atoms with Gasteiger partial charge in [-0.1, -0.05) is 0 Å². The molecule has 2 heterocycles. The lowest BCUT2D eigenvalue weighted by molar-refractivity contribution is -0.146. The molecule has 0 aromatic heterocycles. The first-order valence-corrected chi connectivity index (χ1v) is 5.90. The van der Waals surface area contributed by atoms with Crippen molar-refractivity contribution in [1.29, 1.82) is 0 Å². The Morgan fingerprint density at radius 2 is 2.17 bits per heavy atom. The van der Waals surface area contributed by atoms with Gasteiger partial charge in [0.1, 0.15) is 17.3 Å². The van der Waals surface area contributed by atoms with Gasteiger partial charge in [-0.15, -0.1) is 0 Å². The van der Waals surface area contributed by atoms with E-state index in [1.807, 2.05) is 13.8 Å². The van der Waals surface area contributed by atoms with E-state index in [2.05, 4.69) is 10.5 Å². The molecule has 18 heavy (non-hydrogen) atoms. The number of amides is 1. The number of hydrogen-bond acceptors (Lipinski definition) is 5. The smallest absolute Gasteiger partial charge is 0.306 e. The van der Waals surface area contributed by atoms with Gasteiger partial charge in [0.15, 0.2) is 0 Å². The third kappa shape index (κ3) is 2.14. The maximum atomic E-state index is 11.5. The van der Waals surface area contributed by atoms with Gasteiger partial charge in [-0.3, -0.25) is 14.4 Å². The Morgan fingerprint density at radius 1 is 1.50 bits per heavy atom. The van der Waals surface area contributed by atoms with Crippen molar-refractivity contribution in [3.8, 4) is 0 Å². The fourth-order valence-electron chi connectivity index (χ4n) is 2.43. The number of ether oxygens (including phenoxy) is 1. The number of hydrogen-bond donors (Lipinski definition) is 1. The lowest BCUT2D eigenvalue weighted by Gasteiger charge is -2.25. The molecule has 2 aliphatic heterocycles. The van der Waals surface area contributed by atoms with Crippen LogP contribution in [-0.2, 0) is 19.1 Å². The summed E-state index contributed by atoms with van der Waals surface area (Å²) in [7, 11) is 0. The molecule has 2 aliphatic rings. The zero-order valence-electron chi connectivity index (χ0n) is 10.6. The molecule has 0 aromatic rings. The molecule has 0 radical (unpaired) electrons. The van der Waals surface area contributed by atoms with Crippen molar-refractivity contribution in [3.63, 3.8) is 0 Å². The average molecular weight is 252 g/mol. The van der Waals surface area contributed by atoms with E-state index in [1.54, 1.807) is 0 Å². The maximum absolute atomic E-state index is 11.5. The van der Waals surface area contributed by atoms with Gasteiger partial charge in [-0.05, 0) is 27.2 Å². The van der Waals surface area contributed by atoms with Gasteiger partial charge in [0.2, 0.25) is 0 Å². The maximum Gasteiger partial charge on any atom is 0.306 e. The van der Waals surface area contributed by atoms with Gasteiger partial charge < -0.3 is 4.74 Å². The van der Waals surface area contributed by atoms with E-state index in [1.165, 1.54) is 6.92 Å². The minimum atomic E-state index is -0.809. The highest BCUT2D eigenvalue weighted by molar-refractivity contribution is 6.22. The molecule has 1 amide bonds. The zero-order chi connectivity index (χ0) is 13.5. The summed E-state index contributed by atoms with van der Waals surface area (Å²) in [5, 5.41) is 3.90. The van der Waals surface area contributed by atoms with Crippen LogP contribution in [0.1, 0.15) is 33.6 Å². The molecular weight excluding hydrogens is 236 g/mol. The van der Waals surface area contributed by atoms with Crippen molar-refractivity contribution in [2.24, 2.45) is 16.9 Å². The first kappa shape index (κ1) is 12.7. The van der Waals surface area contributed by atoms with Crippen LogP contribution < -0.4 is 5.43 Å². The number of nitrogens with zero attached hydrogens (tertiary/aromatic N) is 1. The van der Waals surface area contributed by atoms with Gasteiger partial charge in [-0.25, -0.2) is 5.43 Å². The van der Waals surface area contributed by atoms with Crippen LogP contribution in [0, 0.1) is 11.8 Å². The van der Waals surface area contributed by atoms with Crippen molar-refractivity contribution in [2.45, 2.75) is 39.2 Å². The van der Waals surface area contributed by atoms with Gasteiger partial charge in [0.25, 0.3) is 5.91 Å². The van der Waals surface area contributed by atoms with E-state index in [4.69, 9.17) is 4.74 Å². The van der Waals surface area contributed by atoms with Gasteiger partial charge in [0, 0.05) is 5.92 Å². The summed E-state index contributed by atoms with van der Waals surface area (Å²) >= 11 is 0. The van der Waals surface area contributed by atoms with Crippen LogP contribution in [0.3, 0.4) is 0 Å². The SMILES string of the molecule is CC(=O)C1C(=O)NN=C1CC1CC(=O)OC1(C)C. The Balaban J connectivity index is 2.13. The first-order valence-electron chi connectivity index (χ1n) is 5.90. The van der Waals surface area contributed by atoms with Crippen molar-refractivity contribution in [2.75, 3.05) is 0 Å². The molecule has 6 nitrogen and oxygen atoms in total. The van der Waals surface area contributed by atoms with E-state index in [0.717, 1.165) is 0 Å². The van der Waals surface area contributed by atoms with Crippen LogP contribution in [0.2, 0.25) is 0 Å². The highest BCUT2D eigenvalue weighted by Gasteiger charge is 2.45. The van der Waals surface area contributed by atoms with E-state index in [-0.39, 0.29) is 23.6 Å². The highest BCUT2D eigenvalue weighted by atomic mass is 16.6. The highest BCUT2D eigenvalue weighted by Crippen LogP contribution is 2.36. The number of nitrogens with one attached hydrogen (secondary N) is 1. The Hall–Kier alpha value is -1.72. The first-order chi connectivity index (χ1) is 8.31. The number of cyclic esters (lactones) is 1. The van der Waals surface area contributed by atoms with E-state index >= 15 is 0 Å². The minimum Gasteiger partial charge on any atom is -0.459 e. The summed E-state index contributed by atoms with van der Waals surface area (Å²) in [4.78, 5) is 34.2. The Bertz CT molecular complexity index is 453. The number of esters is 1. The quantitative estimate of drug-likeness (QED) is 0.582. The molecule has 0 saturated carbocycles. The normalized spacial score (nSPS) is 29.8. The summed E-state index contributed by atoms with van der Waals surface area (Å²) in [5.74, 6) is -1.73. The molecule has 0 spiro atoms. The number of carbonyl (C=O) groups excluding carboxylic acids is 3. The molecular formula is C12H16N2O4. The molecule has 1 N–H and O–H groups in total. The Kier molecular flexibility index (Phi) is 2.96. The summed E-state index contributed by atoms with van der Waals surface area (Å²) in [6, 6.07) is 0. The predicted molar refractivity (Wildman–Crippen MR) is 62.6 cm³/mol. The largest absolute Gasteiger partial charge is 0.459 e. The number of ketones is 1. The van der Waals surface area contributed by atoms with Crippen LogP contribution >= 0.6 is 0 Å². The Labute approximate surface area is 105 Å². The van der Waals surface area contributed by atoms with Crippen molar-refractivity contribution < 1.29 is 19.1 Å². The number of hydrazone groups is 1. The van der Waals surface area contributed by atoms with Gasteiger partial charge in [-0.2, -0.15) is 5.10 Å². The van der Waals surface area contributed by atoms with E-state index in [0.29, 0.717) is 18.6 Å². The van der Waals surface area contributed by atoms with Crippen molar-refractivity contribution in [3.05, 3.63) is 0 Å². The molecule has 0 bridgehead atoms. The molecule has 1 fully saturated rings. The standard InChI is InChI=1S/C12H16N2O4/c1-6(15)10-8(13-14-11(10)17)4-7-5-9(16)18-12(7,2)3/h7,10H,4-5H2,1-3H3,(H,14,17). The number of Topliss-reactive ketones (excluding diaryl/α,β-unsaturated/α-hetero) is 1. The average Bonchev–Trinajstić information content (AvgIpc) is 2.68. The summed E-state index contributed by atoms with van der Waals surface area (Å²) < 4.78 is 5.21. The van der Waals surface area contributed by atoms with Crippen LogP contribution in [-0.4, -0.2) is 29.0 Å². The summed E-state index contributed by atoms with van der Waals surface area (Å²) in [5.41, 5.74) is 2.24. The molecule has 98 valence electrons. The van der Waals surface area contributed by atoms with Crippen molar-refractivity contribution >= 4 is 23.4 Å². The molecule has 6 heteroatoms. The molecule has 2 atom stereocenters. The van der Waals surface area contributed by atoms with Gasteiger partial charge >= 0.3 is 5.97 Å². The summed E-state index contributed by atoms with van der Waals surface area (Å²) in [6.07, 6.45) is 0.715. The second kappa shape index (κ2) is 4.19. The van der Waals surface area contributed by atoms with Crippen LogP contribution in [0.15, 0.2) is 5.10 Å². The molecule has 1 saturated heterocycles. The fraction of sp³-hybridized carbons (Fsp3) is 0.667. The minimum absolute atomic E-state index is 0.0571. The van der Waals surface area contributed by atoms with E-state index in [9.17, 15) is 14.4 Å². The van der Waals surface area contributed by atoms with Crippen LogP contribution in [0.5, 0.6) is 0 Å².